The Morgan fingerprint density at radius 3 is 2.69 bits per heavy atom. The highest BCUT2D eigenvalue weighted by Crippen LogP contribution is 2.37. The summed E-state index contributed by atoms with van der Waals surface area (Å²) < 4.78 is 34.4. The average Bonchev–Trinajstić information content (AvgIpc) is 2.78. The zero-order chi connectivity index (χ0) is 23.0. The molecule has 0 unspecified atom stereocenters. The summed E-state index contributed by atoms with van der Waals surface area (Å²) in [4.78, 5) is 27.4. The zero-order valence-electron chi connectivity index (χ0n) is 19.1. The molecular weight excluding hydrogens is 430 g/mol. The molecule has 0 aliphatic carbocycles. The van der Waals surface area contributed by atoms with Crippen LogP contribution in [0.25, 0.3) is 0 Å². The van der Waals surface area contributed by atoms with Crippen LogP contribution in [0, 0.1) is 12.8 Å². The number of hydrogen-bond donors (Lipinski definition) is 1. The Hall–Kier alpha value is -2.13. The monoisotopic (exact) mass is 463 g/mol. The zero-order valence-corrected chi connectivity index (χ0v) is 19.9. The molecule has 0 aromatic heterocycles. The van der Waals surface area contributed by atoms with Gasteiger partial charge in [-0.25, -0.2) is 8.42 Å². The van der Waals surface area contributed by atoms with Crippen LogP contribution < -0.4 is 10.1 Å². The first-order valence-electron chi connectivity index (χ1n) is 11.6. The number of nitrogens with one attached hydrogen (secondary N) is 1. The van der Waals surface area contributed by atoms with Crippen molar-refractivity contribution in [2.24, 2.45) is 5.92 Å². The third kappa shape index (κ3) is 4.24. The molecule has 3 atom stereocenters. The van der Waals surface area contributed by atoms with Crippen molar-refractivity contribution < 1.29 is 22.7 Å². The molecule has 0 radical (unpaired) electrons. The fourth-order valence-corrected chi connectivity index (χ4v) is 6.74. The van der Waals surface area contributed by atoms with Crippen LogP contribution in [-0.4, -0.2) is 61.2 Å². The molecule has 2 saturated heterocycles. The molecule has 32 heavy (non-hydrogen) atoms. The van der Waals surface area contributed by atoms with Gasteiger partial charge in [0.25, 0.3) is 5.91 Å². The molecular formula is C23H33N3O5S. The number of benzene rings is 1. The second-order valence-corrected chi connectivity index (χ2v) is 11.1. The number of anilines is 1. The van der Waals surface area contributed by atoms with E-state index in [4.69, 9.17) is 4.74 Å². The van der Waals surface area contributed by atoms with Gasteiger partial charge >= 0.3 is 0 Å². The normalized spacial score (nSPS) is 26.8. The highest BCUT2D eigenvalue weighted by atomic mass is 32.2. The number of rotatable bonds is 4. The van der Waals surface area contributed by atoms with Gasteiger partial charge in [0.2, 0.25) is 15.9 Å². The number of carbonyl (C=O) groups is 2. The maximum absolute atomic E-state index is 13.6. The number of fused-ring (bicyclic) bond motifs is 1. The number of amides is 2. The maximum atomic E-state index is 13.6. The molecule has 3 heterocycles. The highest BCUT2D eigenvalue weighted by molar-refractivity contribution is 7.89. The van der Waals surface area contributed by atoms with Crippen LogP contribution in [-0.2, 0) is 19.6 Å². The lowest BCUT2D eigenvalue weighted by atomic mass is 9.95. The molecule has 0 bridgehead atoms. The fraction of sp³-hybridized carbons (Fsp3) is 0.652. The number of ether oxygens (including phenoxy) is 1. The minimum absolute atomic E-state index is 0.0797. The van der Waals surface area contributed by atoms with Gasteiger partial charge in [-0.2, -0.15) is 4.31 Å². The maximum Gasteiger partial charge on any atom is 0.265 e. The van der Waals surface area contributed by atoms with E-state index in [9.17, 15) is 18.0 Å². The first-order valence-corrected chi connectivity index (χ1v) is 13.1. The summed E-state index contributed by atoms with van der Waals surface area (Å²) in [5.74, 6) is -0.0835. The van der Waals surface area contributed by atoms with E-state index in [0.717, 1.165) is 25.8 Å². The van der Waals surface area contributed by atoms with Crippen molar-refractivity contribution in [2.75, 3.05) is 25.0 Å². The Balaban J connectivity index is 1.57. The summed E-state index contributed by atoms with van der Waals surface area (Å²) in [6.07, 6.45) is 4.38. The quantitative estimate of drug-likeness (QED) is 0.741. The largest absolute Gasteiger partial charge is 0.478 e. The van der Waals surface area contributed by atoms with E-state index in [-0.39, 0.29) is 35.2 Å². The van der Waals surface area contributed by atoms with Crippen molar-refractivity contribution in [1.29, 1.82) is 0 Å². The SMILES string of the molecule is CC[C@@H]1Oc2cc(S(=O)(=O)N3CCC[C@H](C(=O)N4CCCC[C@H]4C)C3)c(C)cc2NC1=O. The van der Waals surface area contributed by atoms with E-state index >= 15 is 0 Å². The Kier molecular flexibility index (Phi) is 6.49. The van der Waals surface area contributed by atoms with E-state index in [1.165, 1.54) is 10.4 Å². The second-order valence-electron chi connectivity index (χ2n) is 9.20. The van der Waals surface area contributed by atoms with Crippen molar-refractivity contribution in [3.05, 3.63) is 17.7 Å². The molecule has 3 aliphatic rings. The molecule has 1 aromatic rings. The van der Waals surface area contributed by atoms with Crippen LogP contribution >= 0.6 is 0 Å². The number of sulfonamides is 1. The van der Waals surface area contributed by atoms with Gasteiger partial charge in [-0.15, -0.1) is 0 Å². The van der Waals surface area contributed by atoms with E-state index in [0.29, 0.717) is 42.8 Å². The van der Waals surface area contributed by atoms with Crippen molar-refractivity contribution in [3.8, 4) is 5.75 Å². The summed E-state index contributed by atoms with van der Waals surface area (Å²) in [6, 6.07) is 3.37. The van der Waals surface area contributed by atoms with Crippen molar-refractivity contribution >= 4 is 27.5 Å². The molecule has 2 fully saturated rings. The third-order valence-corrected chi connectivity index (χ3v) is 8.91. The summed E-state index contributed by atoms with van der Waals surface area (Å²) in [5, 5.41) is 2.80. The van der Waals surface area contributed by atoms with Gasteiger partial charge in [0.15, 0.2) is 6.10 Å². The molecule has 176 valence electrons. The van der Waals surface area contributed by atoms with Gasteiger partial charge in [-0.3, -0.25) is 9.59 Å². The van der Waals surface area contributed by atoms with Crippen LogP contribution in [0.3, 0.4) is 0 Å². The van der Waals surface area contributed by atoms with Crippen LogP contribution in [0.15, 0.2) is 17.0 Å². The number of carbonyl (C=O) groups excluding carboxylic acids is 2. The Bertz CT molecular complexity index is 1010. The van der Waals surface area contributed by atoms with Gasteiger partial charge in [0, 0.05) is 31.7 Å². The minimum Gasteiger partial charge on any atom is -0.478 e. The summed E-state index contributed by atoms with van der Waals surface area (Å²) in [6.45, 7) is 6.99. The van der Waals surface area contributed by atoms with Gasteiger partial charge in [-0.1, -0.05) is 6.92 Å². The Morgan fingerprint density at radius 1 is 1.19 bits per heavy atom. The molecule has 8 nitrogen and oxygen atoms in total. The predicted molar refractivity (Wildman–Crippen MR) is 121 cm³/mol. The van der Waals surface area contributed by atoms with Gasteiger partial charge < -0.3 is 15.0 Å². The molecule has 9 heteroatoms. The Labute approximate surface area is 190 Å². The fourth-order valence-electron chi connectivity index (χ4n) is 4.99. The summed E-state index contributed by atoms with van der Waals surface area (Å²) in [7, 11) is -3.80. The third-order valence-electron chi connectivity index (χ3n) is 6.90. The molecule has 0 spiro atoms. The standard InChI is InChI=1S/C23H33N3O5S/c1-4-19-22(27)24-18-12-15(2)21(13-20(18)31-19)32(29,30)25-10-7-9-17(14-25)23(28)26-11-6-5-8-16(26)3/h12-13,16-17,19H,4-11,14H2,1-3H3,(H,24,27)/t16-,17+,19+/m1/s1. The molecule has 1 aromatic carbocycles. The average molecular weight is 464 g/mol. The van der Waals surface area contributed by atoms with Crippen LogP contribution in [0.5, 0.6) is 5.75 Å². The van der Waals surface area contributed by atoms with Gasteiger partial charge in [0.05, 0.1) is 16.5 Å². The lowest BCUT2D eigenvalue weighted by molar-refractivity contribution is -0.140. The van der Waals surface area contributed by atoms with Crippen molar-refractivity contribution in [3.63, 3.8) is 0 Å². The minimum atomic E-state index is -3.80. The molecule has 0 saturated carbocycles. The smallest absolute Gasteiger partial charge is 0.265 e. The van der Waals surface area contributed by atoms with Crippen molar-refractivity contribution in [2.45, 2.75) is 76.3 Å². The number of hydrogen-bond acceptors (Lipinski definition) is 5. The topological polar surface area (TPSA) is 96.0 Å². The number of piperidine rings is 2. The van der Waals surface area contributed by atoms with Crippen molar-refractivity contribution in [1.82, 2.24) is 9.21 Å². The van der Waals surface area contributed by atoms with Gasteiger partial charge in [0.1, 0.15) is 5.75 Å². The van der Waals surface area contributed by atoms with E-state index in [1.807, 2.05) is 11.8 Å². The molecule has 4 rings (SSSR count). The predicted octanol–water partition coefficient (Wildman–Crippen LogP) is 2.91. The molecule has 3 aliphatic heterocycles. The molecule has 2 amide bonds. The van der Waals surface area contributed by atoms with E-state index in [1.54, 1.807) is 13.0 Å². The Morgan fingerprint density at radius 2 is 1.97 bits per heavy atom. The lowest BCUT2D eigenvalue weighted by Gasteiger charge is -2.39. The van der Waals surface area contributed by atoms with E-state index in [2.05, 4.69) is 12.2 Å². The highest BCUT2D eigenvalue weighted by Gasteiger charge is 2.38. The number of likely N-dealkylation sites (tertiary alicyclic amines) is 1. The second kappa shape index (κ2) is 9.02. The first kappa shape index (κ1) is 23.0. The summed E-state index contributed by atoms with van der Waals surface area (Å²) in [5.41, 5.74) is 1.03. The first-order chi connectivity index (χ1) is 15.2. The van der Waals surface area contributed by atoms with Gasteiger partial charge in [-0.05, 0) is 64.0 Å². The summed E-state index contributed by atoms with van der Waals surface area (Å²) >= 11 is 0. The van der Waals surface area contributed by atoms with Crippen LogP contribution in [0.1, 0.15) is 57.9 Å². The number of nitrogens with zero attached hydrogens (tertiary/aromatic N) is 2. The number of aryl methyl sites for hydroxylation is 1. The van der Waals surface area contributed by atoms with E-state index < -0.39 is 16.1 Å². The van der Waals surface area contributed by atoms with Crippen LogP contribution in [0.4, 0.5) is 5.69 Å². The van der Waals surface area contributed by atoms with Crippen LogP contribution in [0.2, 0.25) is 0 Å². The molecule has 1 N–H and O–H groups in total. The lowest BCUT2D eigenvalue weighted by Crippen LogP contribution is -2.50.